The average molecular weight is 258 g/mol. The molecule has 4 heteroatoms. The van der Waals surface area contributed by atoms with E-state index in [1.54, 1.807) is 13.8 Å². The van der Waals surface area contributed by atoms with Crippen molar-refractivity contribution in [2.45, 2.75) is 53.4 Å². The summed E-state index contributed by atoms with van der Waals surface area (Å²) in [6, 6.07) is 0. The van der Waals surface area contributed by atoms with Gasteiger partial charge >= 0.3 is 11.9 Å². The second kappa shape index (κ2) is 15.7. The van der Waals surface area contributed by atoms with E-state index in [9.17, 15) is 9.59 Å². The summed E-state index contributed by atoms with van der Waals surface area (Å²) < 4.78 is 9.48. The highest BCUT2D eigenvalue weighted by Crippen LogP contribution is 2.02. The first-order valence-corrected chi connectivity index (χ1v) is 6.50. The standard InChI is InChI=1S/C10H18O4.C4H8/c1-3-13-9(11)7-5-6-8-10(12)14-4-2;1-3-4-2/h3-8H2,1-2H3;3-4H,1-2H3. The number of hydrogen-bond acceptors (Lipinski definition) is 4. The smallest absolute Gasteiger partial charge is 0.305 e. The first kappa shape index (κ1) is 19.0. The van der Waals surface area contributed by atoms with Gasteiger partial charge in [0.25, 0.3) is 0 Å². The predicted molar refractivity (Wildman–Crippen MR) is 72.2 cm³/mol. The molecule has 0 radical (unpaired) electrons. The maximum atomic E-state index is 10.9. The zero-order valence-corrected chi connectivity index (χ0v) is 12.0. The molecular formula is C14H26O4. The Labute approximate surface area is 110 Å². The van der Waals surface area contributed by atoms with Crippen molar-refractivity contribution in [2.24, 2.45) is 0 Å². The monoisotopic (exact) mass is 258 g/mol. The predicted octanol–water partition coefficient (Wildman–Crippen LogP) is 3.26. The normalized spacial score (nSPS) is 9.56. The van der Waals surface area contributed by atoms with E-state index in [4.69, 9.17) is 9.47 Å². The molecule has 0 aliphatic rings. The fourth-order valence-corrected chi connectivity index (χ4v) is 1.00. The molecule has 0 aromatic carbocycles. The molecule has 0 unspecified atom stereocenters. The second-order valence-electron chi connectivity index (χ2n) is 3.48. The second-order valence-corrected chi connectivity index (χ2v) is 3.48. The van der Waals surface area contributed by atoms with Gasteiger partial charge < -0.3 is 9.47 Å². The van der Waals surface area contributed by atoms with Crippen molar-refractivity contribution in [1.82, 2.24) is 0 Å². The van der Waals surface area contributed by atoms with E-state index in [-0.39, 0.29) is 11.9 Å². The third-order valence-electron chi connectivity index (χ3n) is 1.96. The van der Waals surface area contributed by atoms with Crippen LogP contribution in [0.3, 0.4) is 0 Å². The summed E-state index contributed by atoms with van der Waals surface area (Å²) in [5.41, 5.74) is 0. The zero-order valence-electron chi connectivity index (χ0n) is 12.0. The van der Waals surface area contributed by atoms with Gasteiger partial charge in [-0.05, 0) is 40.5 Å². The van der Waals surface area contributed by atoms with Crippen LogP contribution >= 0.6 is 0 Å². The summed E-state index contributed by atoms with van der Waals surface area (Å²) in [5.74, 6) is -0.396. The highest BCUT2D eigenvalue weighted by atomic mass is 16.5. The lowest BCUT2D eigenvalue weighted by atomic mass is 10.2. The first-order chi connectivity index (χ1) is 8.62. The summed E-state index contributed by atoms with van der Waals surface area (Å²) in [6.45, 7) is 8.38. The van der Waals surface area contributed by atoms with E-state index < -0.39 is 0 Å². The Balaban J connectivity index is 0. The van der Waals surface area contributed by atoms with E-state index in [1.807, 2.05) is 26.0 Å². The van der Waals surface area contributed by atoms with Gasteiger partial charge in [-0.1, -0.05) is 12.2 Å². The minimum atomic E-state index is -0.198. The molecule has 0 aliphatic heterocycles. The third-order valence-corrected chi connectivity index (χ3v) is 1.96. The van der Waals surface area contributed by atoms with Gasteiger partial charge in [0.05, 0.1) is 13.2 Å². The largest absolute Gasteiger partial charge is 0.466 e. The van der Waals surface area contributed by atoms with E-state index in [0.29, 0.717) is 38.9 Å². The third kappa shape index (κ3) is 17.1. The van der Waals surface area contributed by atoms with E-state index in [0.717, 1.165) is 0 Å². The molecule has 0 rings (SSSR count). The summed E-state index contributed by atoms with van der Waals surface area (Å²) in [5, 5.41) is 0. The summed E-state index contributed by atoms with van der Waals surface area (Å²) >= 11 is 0. The van der Waals surface area contributed by atoms with Crippen LogP contribution in [-0.4, -0.2) is 25.2 Å². The molecule has 0 atom stereocenters. The van der Waals surface area contributed by atoms with Crippen LogP contribution in [0, 0.1) is 0 Å². The SMILES string of the molecule is CC=CC.CCOC(=O)CCCCC(=O)OCC. The number of allylic oxidation sites excluding steroid dienone is 2. The Kier molecular flexibility index (Phi) is 16.6. The first-order valence-electron chi connectivity index (χ1n) is 6.50. The molecule has 0 heterocycles. The Hall–Kier alpha value is -1.32. The number of hydrogen-bond donors (Lipinski definition) is 0. The number of carbonyl (C=O) groups excluding carboxylic acids is 2. The molecule has 0 fully saturated rings. The van der Waals surface area contributed by atoms with Crippen molar-refractivity contribution in [2.75, 3.05) is 13.2 Å². The minimum Gasteiger partial charge on any atom is -0.466 e. The van der Waals surface area contributed by atoms with Crippen LogP contribution in [0.15, 0.2) is 12.2 Å². The lowest BCUT2D eigenvalue weighted by molar-refractivity contribution is -0.145. The molecule has 0 saturated carbocycles. The summed E-state index contributed by atoms with van der Waals surface area (Å²) in [6.07, 6.45) is 6.12. The number of carbonyl (C=O) groups is 2. The van der Waals surface area contributed by atoms with Gasteiger partial charge in [0.2, 0.25) is 0 Å². The van der Waals surface area contributed by atoms with Crippen LogP contribution in [0.1, 0.15) is 53.4 Å². The lowest BCUT2D eigenvalue weighted by Crippen LogP contribution is -2.06. The van der Waals surface area contributed by atoms with E-state index >= 15 is 0 Å². The Bertz CT molecular complexity index is 210. The fraction of sp³-hybridized carbons (Fsp3) is 0.714. The van der Waals surface area contributed by atoms with Crippen molar-refractivity contribution in [3.63, 3.8) is 0 Å². The van der Waals surface area contributed by atoms with Crippen LogP contribution < -0.4 is 0 Å². The van der Waals surface area contributed by atoms with Gasteiger partial charge in [0, 0.05) is 12.8 Å². The molecule has 0 aromatic heterocycles. The highest BCUT2D eigenvalue weighted by Gasteiger charge is 2.04. The van der Waals surface area contributed by atoms with Crippen LogP contribution in [0.25, 0.3) is 0 Å². The maximum absolute atomic E-state index is 10.9. The van der Waals surface area contributed by atoms with Gasteiger partial charge in [-0.2, -0.15) is 0 Å². The zero-order chi connectivity index (χ0) is 14.2. The molecule has 0 aliphatic carbocycles. The molecule has 4 nitrogen and oxygen atoms in total. The van der Waals surface area contributed by atoms with E-state index in [2.05, 4.69) is 0 Å². The van der Waals surface area contributed by atoms with Crippen molar-refractivity contribution in [3.8, 4) is 0 Å². The number of unbranched alkanes of at least 4 members (excludes halogenated alkanes) is 1. The van der Waals surface area contributed by atoms with Crippen LogP contribution in [0.5, 0.6) is 0 Å². The topological polar surface area (TPSA) is 52.6 Å². The number of rotatable bonds is 7. The lowest BCUT2D eigenvalue weighted by Gasteiger charge is -2.02. The number of ether oxygens (including phenoxy) is 2. The van der Waals surface area contributed by atoms with Gasteiger partial charge in [0.1, 0.15) is 0 Å². The molecule has 0 bridgehead atoms. The minimum absolute atomic E-state index is 0.198. The van der Waals surface area contributed by atoms with Crippen LogP contribution in [-0.2, 0) is 19.1 Å². The molecular weight excluding hydrogens is 232 g/mol. The van der Waals surface area contributed by atoms with Crippen molar-refractivity contribution >= 4 is 11.9 Å². The molecule has 106 valence electrons. The molecule has 18 heavy (non-hydrogen) atoms. The van der Waals surface area contributed by atoms with Gasteiger partial charge in [0.15, 0.2) is 0 Å². The average Bonchev–Trinajstić information content (AvgIpc) is 2.36. The number of esters is 2. The molecule has 0 saturated heterocycles. The molecule has 0 spiro atoms. The fourth-order valence-electron chi connectivity index (χ4n) is 1.00. The highest BCUT2D eigenvalue weighted by molar-refractivity contribution is 5.70. The molecule has 0 aromatic rings. The Morgan fingerprint density at radius 2 is 1.17 bits per heavy atom. The summed E-state index contributed by atoms with van der Waals surface area (Å²) in [7, 11) is 0. The Morgan fingerprint density at radius 3 is 1.39 bits per heavy atom. The van der Waals surface area contributed by atoms with Gasteiger partial charge in [-0.25, -0.2) is 0 Å². The van der Waals surface area contributed by atoms with Crippen LogP contribution in [0.2, 0.25) is 0 Å². The Morgan fingerprint density at radius 1 is 0.833 bits per heavy atom. The van der Waals surface area contributed by atoms with Crippen LogP contribution in [0.4, 0.5) is 0 Å². The molecule has 0 N–H and O–H groups in total. The van der Waals surface area contributed by atoms with Crippen molar-refractivity contribution in [1.29, 1.82) is 0 Å². The van der Waals surface area contributed by atoms with Crippen molar-refractivity contribution in [3.05, 3.63) is 12.2 Å². The van der Waals surface area contributed by atoms with Gasteiger partial charge in [-0.15, -0.1) is 0 Å². The quantitative estimate of drug-likeness (QED) is 0.399. The summed E-state index contributed by atoms with van der Waals surface area (Å²) in [4.78, 5) is 21.8. The van der Waals surface area contributed by atoms with Crippen molar-refractivity contribution < 1.29 is 19.1 Å². The molecule has 0 amide bonds. The van der Waals surface area contributed by atoms with E-state index in [1.165, 1.54) is 0 Å². The maximum Gasteiger partial charge on any atom is 0.305 e. The van der Waals surface area contributed by atoms with Gasteiger partial charge in [-0.3, -0.25) is 9.59 Å².